The number of H-pyrrole nitrogens is 1. The Morgan fingerprint density at radius 2 is 2.27 bits per heavy atom. The minimum Gasteiger partial charge on any atom is -0.390 e. The first-order valence-corrected chi connectivity index (χ1v) is 8.17. The number of imidazole rings is 1. The van der Waals surface area contributed by atoms with Gasteiger partial charge in [-0.2, -0.15) is 0 Å². The van der Waals surface area contributed by atoms with Gasteiger partial charge in [0.2, 0.25) is 5.95 Å². The van der Waals surface area contributed by atoms with Crippen molar-refractivity contribution >= 4 is 17.0 Å². The van der Waals surface area contributed by atoms with E-state index in [1.807, 2.05) is 25.1 Å². The zero-order chi connectivity index (χ0) is 15.2. The number of para-hydroxylation sites is 2. The van der Waals surface area contributed by atoms with Crippen LogP contribution in [-0.2, 0) is 4.74 Å². The van der Waals surface area contributed by atoms with Crippen LogP contribution in [0.2, 0.25) is 0 Å². The lowest BCUT2D eigenvalue weighted by molar-refractivity contribution is -0.108. The Morgan fingerprint density at radius 3 is 3.09 bits per heavy atom. The van der Waals surface area contributed by atoms with Gasteiger partial charge in [0.05, 0.1) is 23.2 Å². The lowest BCUT2D eigenvalue weighted by Gasteiger charge is -2.43. The molecule has 4 rings (SSSR count). The number of aliphatic hydroxyl groups is 1. The largest absolute Gasteiger partial charge is 0.390 e. The minimum atomic E-state index is -0.655. The number of rotatable bonds is 2. The second-order valence-electron chi connectivity index (χ2n) is 6.77. The van der Waals surface area contributed by atoms with Crippen LogP contribution in [0.5, 0.6) is 0 Å². The predicted octanol–water partition coefficient (Wildman–Crippen LogP) is 2.32. The third-order valence-corrected chi connectivity index (χ3v) is 5.26. The third-order valence-electron chi connectivity index (χ3n) is 5.26. The van der Waals surface area contributed by atoms with Gasteiger partial charge in [0.15, 0.2) is 0 Å². The molecule has 0 aliphatic carbocycles. The van der Waals surface area contributed by atoms with Crippen LogP contribution in [0, 0.1) is 5.92 Å². The lowest BCUT2D eigenvalue weighted by atomic mass is 9.79. The fraction of sp³-hybridized carbons (Fsp3) is 0.588. The fourth-order valence-electron chi connectivity index (χ4n) is 3.93. The number of aromatic nitrogens is 2. The molecule has 2 aromatic rings. The van der Waals surface area contributed by atoms with Crippen molar-refractivity contribution in [3.8, 4) is 0 Å². The van der Waals surface area contributed by atoms with E-state index in [-0.39, 0.29) is 12.0 Å². The maximum Gasteiger partial charge on any atom is 0.204 e. The molecule has 2 fully saturated rings. The maximum atomic E-state index is 10.8. The third kappa shape index (κ3) is 2.29. The molecule has 5 nitrogen and oxygen atoms in total. The van der Waals surface area contributed by atoms with E-state index in [0.717, 1.165) is 36.4 Å². The van der Waals surface area contributed by atoms with Crippen molar-refractivity contribution in [1.29, 1.82) is 0 Å². The summed E-state index contributed by atoms with van der Waals surface area (Å²) in [4.78, 5) is 10.5. The first-order chi connectivity index (χ1) is 10.6. The summed E-state index contributed by atoms with van der Waals surface area (Å²) in [5.41, 5.74) is 1.40. The molecule has 0 amide bonds. The molecular formula is C17H23N3O2. The van der Waals surface area contributed by atoms with E-state index in [2.05, 4.69) is 16.0 Å². The number of ether oxygens (including phenoxy) is 1. The normalized spacial score (nSPS) is 32.7. The van der Waals surface area contributed by atoms with Crippen molar-refractivity contribution in [2.24, 2.45) is 5.92 Å². The number of hydrogen-bond donors (Lipinski definition) is 2. The van der Waals surface area contributed by atoms with Gasteiger partial charge < -0.3 is 19.7 Å². The molecule has 3 atom stereocenters. The summed E-state index contributed by atoms with van der Waals surface area (Å²) in [5, 5.41) is 10.8. The number of aromatic amines is 1. The molecule has 1 aromatic carbocycles. The van der Waals surface area contributed by atoms with Gasteiger partial charge in [-0.15, -0.1) is 0 Å². The van der Waals surface area contributed by atoms with Crippen LogP contribution in [0.1, 0.15) is 26.2 Å². The molecule has 2 aliphatic rings. The van der Waals surface area contributed by atoms with Crippen molar-refractivity contribution in [1.82, 2.24) is 9.97 Å². The number of benzene rings is 1. The lowest BCUT2D eigenvalue weighted by Crippen LogP contribution is -2.52. The Labute approximate surface area is 130 Å². The fourth-order valence-corrected chi connectivity index (χ4v) is 3.93. The van der Waals surface area contributed by atoms with Gasteiger partial charge in [0.25, 0.3) is 0 Å². The summed E-state index contributed by atoms with van der Waals surface area (Å²) in [6.07, 6.45) is 2.93. The Morgan fingerprint density at radius 1 is 1.41 bits per heavy atom. The average Bonchev–Trinajstić information content (AvgIpc) is 3.12. The van der Waals surface area contributed by atoms with Gasteiger partial charge in [-0.1, -0.05) is 12.1 Å². The molecule has 0 unspecified atom stereocenters. The molecule has 0 saturated carbocycles. The van der Waals surface area contributed by atoms with Gasteiger partial charge in [-0.3, -0.25) is 0 Å². The molecule has 0 bridgehead atoms. The van der Waals surface area contributed by atoms with Crippen molar-refractivity contribution in [3.63, 3.8) is 0 Å². The number of hydrogen-bond acceptors (Lipinski definition) is 4. The minimum absolute atomic E-state index is 0.136. The zero-order valence-corrected chi connectivity index (χ0v) is 13.0. The van der Waals surface area contributed by atoms with Gasteiger partial charge >= 0.3 is 0 Å². The second kappa shape index (κ2) is 5.25. The number of fused-ring (bicyclic) bond motifs is 1. The van der Waals surface area contributed by atoms with Crippen molar-refractivity contribution in [2.75, 3.05) is 24.7 Å². The Balaban J connectivity index is 1.65. The molecule has 0 radical (unpaired) electrons. The molecule has 1 aromatic heterocycles. The zero-order valence-electron chi connectivity index (χ0n) is 13.0. The van der Waals surface area contributed by atoms with Crippen LogP contribution >= 0.6 is 0 Å². The maximum absolute atomic E-state index is 10.8. The summed E-state index contributed by atoms with van der Waals surface area (Å²) >= 11 is 0. The van der Waals surface area contributed by atoms with Crippen LogP contribution in [0.3, 0.4) is 0 Å². The topological polar surface area (TPSA) is 61.4 Å². The SMILES string of the molecule is C[C@]1(O)CCOC[C@H]1[C@H]1CCCN1c1nc2ccccc2[nH]1. The highest BCUT2D eigenvalue weighted by molar-refractivity contribution is 5.77. The van der Waals surface area contributed by atoms with Gasteiger partial charge in [-0.25, -0.2) is 4.98 Å². The van der Waals surface area contributed by atoms with E-state index < -0.39 is 5.60 Å². The highest BCUT2D eigenvalue weighted by Gasteiger charge is 2.44. The van der Waals surface area contributed by atoms with Crippen molar-refractivity contribution in [2.45, 2.75) is 37.8 Å². The van der Waals surface area contributed by atoms with E-state index in [1.54, 1.807) is 0 Å². The van der Waals surface area contributed by atoms with Crippen LogP contribution in [0.25, 0.3) is 11.0 Å². The van der Waals surface area contributed by atoms with Crippen molar-refractivity contribution in [3.05, 3.63) is 24.3 Å². The molecule has 2 saturated heterocycles. The summed E-state index contributed by atoms with van der Waals surface area (Å²) in [7, 11) is 0. The van der Waals surface area contributed by atoms with Gasteiger partial charge in [-0.05, 0) is 38.3 Å². The van der Waals surface area contributed by atoms with Crippen LogP contribution in [0.15, 0.2) is 24.3 Å². The molecule has 2 N–H and O–H groups in total. The quantitative estimate of drug-likeness (QED) is 0.893. The molecule has 3 heterocycles. The molecular weight excluding hydrogens is 278 g/mol. The monoisotopic (exact) mass is 301 g/mol. The van der Waals surface area contributed by atoms with Gasteiger partial charge in [0, 0.05) is 25.1 Å². The molecule has 2 aliphatic heterocycles. The van der Waals surface area contributed by atoms with E-state index in [9.17, 15) is 5.11 Å². The van der Waals surface area contributed by atoms with Crippen LogP contribution in [-0.4, -0.2) is 46.5 Å². The Hall–Kier alpha value is -1.59. The number of nitrogens with one attached hydrogen (secondary N) is 1. The first-order valence-electron chi connectivity index (χ1n) is 8.17. The van der Waals surface area contributed by atoms with E-state index in [4.69, 9.17) is 9.72 Å². The molecule has 22 heavy (non-hydrogen) atoms. The van der Waals surface area contributed by atoms with Crippen molar-refractivity contribution < 1.29 is 9.84 Å². The van der Waals surface area contributed by atoms with Crippen LogP contribution in [0.4, 0.5) is 5.95 Å². The van der Waals surface area contributed by atoms with E-state index >= 15 is 0 Å². The highest BCUT2D eigenvalue weighted by atomic mass is 16.5. The number of anilines is 1. The first kappa shape index (κ1) is 14.0. The second-order valence-corrected chi connectivity index (χ2v) is 6.77. The smallest absolute Gasteiger partial charge is 0.204 e. The van der Waals surface area contributed by atoms with E-state index in [0.29, 0.717) is 19.6 Å². The Kier molecular flexibility index (Phi) is 3.35. The highest BCUT2D eigenvalue weighted by Crippen LogP contribution is 2.37. The molecule has 5 heteroatoms. The molecule has 0 spiro atoms. The predicted molar refractivity (Wildman–Crippen MR) is 86.0 cm³/mol. The van der Waals surface area contributed by atoms with Crippen LogP contribution < -0.4 is 4.90 Å². The number of nitrogens with zero attached hydrogens (tertiary/aromatic N) is 2. The summed E-state index contributed by atoms with van der Waals surface area (Å²) in [6, 6.07) is 8.40. The van der Waals surface area contributed by atoms with E-state index in [1.165, 1.54) is 0 Å². The molecule has 118 valence electrons. The average molecular weight is 301 g/mol. The summed E-state index contributed by atoms with van der Waals surface area (Å²) < 4.78 is 5.66. The summed E-state index contributed by atoms with van der Waals surface area (Å²) in [6.45, 7) is 4.22. The standard InChI is InChI=1S/C17H23N3O2/c1-17(21)8-10-22-11-12(17)15-7-4-9-20(15)16-18-13-5-2-3-6-14(13)19-16/h2-3,5-6,12,15,21H,4,7-11H2,1H3,(H,18,19)/t12-,15+,17-/m0/s1. The Bertz CT molecular complexity index is 634. The van der Waals surface area contributed by atoms with Gasteiger partial charge in [0.1, 0.15) is 0 Å². The summed E-state index contributed by atoms with van der Waals surface area (Å²) in [5.74, 6) is 1.06.